The predicted molar refractivity (Wildman–Crippen MR) is 69.7 cm³/mol. The second kappa shape index (κ2) is 3.91. The van der Waals surface area contributed by atoms with Gasteiger partial charge in [-0.2, -0.15) is 0 Å². The van der Waals surface area contributed by atoms with E-state index in [4.69, 9.17) is 0 Å². The summed E-state index contributed by atoms with van der Waals surface area (Å²) in [6, 6.07) is 8.96. The van der Waals surface area contributed by atoms with Gasteiger partial charge in [0.2, 0.25) is 5.95 Å². The molecule has 0 atom stereocenters. The first-order valence-electron chi connectivity index (χ1n) is 6.12. The first kappa shape index (κ1) is 10.4. The van der Waals surface area contributed by atoms with Crippen molar-refractivity contribution in [3.8, 4) is 0 Å². The molecular weight excluding hydrogens is 210 g/mol. The Labute approximate surface area is 101 Å². The van der Waals surface area contributed by atoms with Crippen LogP contribution in [-0.2, 0) is 0 Å². The second-order valence-corrected chi connectivity index (χ2v) is 4.78. The van der Waals surface area contributed by atoms with Crippen LogP contribution < -0.4 is 5.32 Å². The highest BCUT2D eigenvalue weighted by Crippen LogP contribution is 2.38. The molecule has 1 aliphatic carbocycles. The molecule has 0 radical (unpaired) electrons. The van der Waals surface area contributed by atoms with Gasteiger partial charge in [0, 0.05) is 17.9 Å². The van der Waals surface area contributed by atoms with E-state index in [0.717, 1.165) is 17.3 Å². The minimum atomic E-state index is 0.655. The van der Waals surface area contributed by atoms with E-state index in [1.165, 1.54) is 18.4 Å². The van der Waals surface area contributed by atoms with Gasteiger partial charge >= 0.3 is 0 Å². The van der Waals surface area contributed by atoms with Crippen LogP contribution in [0.5, 0.6) is 0 Å². The second-order valence-electron chi connectivity index (χ2n) is 4.78. The molecule has 0 amide bonds. The van der Waals surface area contributed by atoms with Crippen molar-refractivity contribution in [1.82, 2.24) is 9.55 Å². The van der Waals surface area contributed by atoms with Crippen molar-refractivity contribution in [2.75, 3.05) is 5.32 Å². The Kier molecular flexibility index (Phi) is 2.39. The van der Waals surface area contributed by atoms with Crippen LogP contribution in [0, 0.1) is 13.8 Å². The lowest BCUT2D eigenvalue weighted by Crippen LogP contribution is -2.02. The van der Waals surface area contributed by atoms with Crippen molar-refractivity contribution < 1.29 is 0 Å². The van der Waals surface area contributed by atoms with Crippen LogP contribution in [-0.4, -0.2) is 9.55 Å². The maximum absolute atomic E-state index is 4.56. The molecule has 1 fully saturated rings. The molecule has 0 unspecified atom stereocenters. The van der Waals surface area contributed by atoms with Gasteiger partial charge in [-0.1, -0.05) is 18.2 Å². The van der Waals surface area contributed by atoms with Crippen LogP contribution in [0.2, 0.25) is 0 Å². The number of rotatable bonds is 3. The van der Waals surface area contributed by atoms with E-state index in [9.17, 15) is 0 Å². The summed E-state index contributed by atoms with van der Waals surface area (Å²) < 4.78 is 2.27. The highest BCUT2D eigenvalue weighted by atomic mass is 15.2. The van der Waals surface area contributed by atoms with E-state index >= 15 is 0 Å². The number of hydrogen-bond donors (Lipinski definition) is 1. The number of nitrogens with one attached hydrogen (secondary N) is 1. The smallest absolute Gasteiger partial charge is 0.207 e. The fourth-order valence-electron chi connectivity index (χ4n) is 2.07. The van der Waals surface area contributed by atoms with Crippen molar-refractivity contribution in [2.24, 2.45) is 0 Å². The SMILES string of the molecule is Cc1cn(C2CC2)c(Nc2ccccc2C)n1. The maximum atomic E-state index is 4.56. The van der Waals surface area contributed by atoms with E-state index in [2.05, 4.69) is 46.2 Å². The summed E-state index contributed by atoms with van der Waals surface area (Å²) in [5.74, 6) is 0.972. The van der Waals surface area contributed by atoms with Crippen molar-refractivity contribution in [3.63, 3.8) is 0 Å². The lowest BCUT2D eigenvalue weighted by molar-refractivity contribution is 0.750. The number of aromatic nitrogens is 2. The van der Waals surface area contributed by atoms with E-state index in [1.807, 2.05) is 13.0 Å². The van der Waals surface area contributed by atoms with Crippen LogP contribution in [0.15, 0.2) is 30.5 Å². The lowest BCUT2D eigenvalue weighted by Gasteiger charge is -2.10. The summed E-state index contributed by atoms with van der Waals surface area (Å²) in [6.07, 6.45) is 4.69. The molecule has 2 aromatic rings. The van der Waals surface area contributed by atoms with Crippen molar-refractivity contribution in [3.05, 3.63) is 41.7 Å². The zero-order valence-electron chi connectivity index (χ0n) is 10.3. The average molecular weight is 227 g/mol. The number of imidazole rings is 1. The molecule has 0 aliphatic heterocycles. The van der Waals surface area contributed by atoms with Crippen molar-refractivity contribution in [1.29, 1.82) is 0 Å². The molecule has 3 rings (SSSR count). The van der Waals surface area contributed by atoms with Crippen molar-refractivity contribution >= 4 is 11.6 Å². The molecular formula is C14H17N3. The summed E-state index contributed by atoms with van der Waals surface area (Å²) in [7, 11) is 0. The maximum Gasteiger partial charge on any atom is 0.207 e. The molecule has 88 valence electrons. The molecule has 0 bridgehead atoms. The van der Waals surface area contributed by atoms with Gasteiger partial charge < -0.3 is 9.88 Å². The standard InChI is InChI=1S/C14H17N3/c1-10-5-3-4-6-13(10)16-14-15-11(2)9-17(14)12-7-8-12/h3-6,9,12H,7-8H2,1-2H3,(H,15,16). The third-order valence-electron chi connectivity index (χ3n) is 3.18. The Morgan fingerprint density at radius 3 is 2.71 bits per heavy atom. The minimum absolute atomic E-state index is 0.655. The zero-order chi connectivity index (χ0) is 11.8. The Bertz CT molecular complexity index is 538. The van der Waals surface area contributed by atoms with Gasteiger partial charge in [-0.3, -0.25) is 0 Å². The van der Waals surface area contributed by atoms with Crippen molar-refractivity contribution in [2.45, 2.75) is 32.7 Å². The van der Waals surface area contributed by atoms with Gasteiger partial charge in [0.25, 0.3) is 0 Å². The minimum Gasteiger partial charge on any atom is -0.325 e. The zero-order valence-corrected chi connectivity index (χ0v) is 10.3. The Hall–Kier alpha value is -1.77. The van der Waals surface area contributed by atoms with E-state index < -0.39 is 0 Å². The van der Waals surface area contributed by atoms with Crippen LogP contribution in [0.25, 0.3) is 0 Å². The van der Waals surface area contributed by atoms with Gasteiger partial charge in [-0.15, -0.1) is 0 Å². The van der Waals surface area contributed by atoms with Gasteiger partial charge in [-0.25, -0.2) is 4.98 Å². The number of hydrogen-bond acceptors (Lipinski definition) is 2. The van der Waals surface area contributed by atoms with Crippen LogP contribution in [0.4, 0.5) is 11.6 Å². The fraction of sp³-hybridized carbons (Fsp3) is 0.357. The highest BCUT2D eigenvalue weighted by molar-refractivity contribution is 5.58. The summed E-state index contributed by atoms with van der Waals surface area (Å²) in [6.45, 7) is 4.15. The summed E-state index contributed by atoms with van der Waals surface area (Å²) >= 11 is 0. The Morgan fingerprint density at radius 1 is 1.24 bits per heavy atom. The first-order valence-corrected chi connectivity index (χ1v) is 6.12. The summed E-state index contributed by atoms with van der Waals surface area (Å²) in [5, 5.41) is 3.43. The Balaban J connectivity index is 1.92. The molecule has 17 heavy (non-hydrogen) atoms. The predicted octanol–water partition coefficient (Wildman–Crippen LogP) is 3.58. The molecule has 1 N–H and O–H groups in total. The molecule has 1 aliphatic rings. The number of benzene rings is 1. The monoisotopic (exact) mass is 227 g/mol. The number of anilines is 2. The average Bonchev–Trinajstić information content (AvgIpc) is 3.07. The molecule has 1 saturated carbocycles. The number of para-hydroxylation sites is 1. The first-order chi connectivity index (χ1) is 8.24. The lowest BCUT2D eigenvalue weighted by atomic mass is 10.2. The summed E-state index contributed by atoms with van der Waals surface area (Å²) in [5.41, 5.74) is 3.46. The van der Waals surface area contributed by atoms with Crippen LogP contribution in [0.3, 0.4) is 0 Å². The Morgan fingerprint density at radius 2 is 2.00 bits per heavy atom. The van der Waals surface area contributed by atoms with Gasteiger partial charge in [0.1, 0.15) is 0 Å². The molecule has 1 aromatic heterocycles. The number of aryl methyl sites for hydroxylation is 2. The highest BCUT2D eigenvalue weighted by Gasteiger charge is 2.26. The fourth-order valence-corrected chi connectivity index (χ4v) is 2.07. The molecule has 3 heteroatoms. The number of nitrogens with zero attached hydrogens (tertiary/aromatic N) is 2. The van der Waals surface area contributed by atoms with E-state index in [1.54, 1.807) is 0 Å². The van der Waals surface area contributed by atoms with Gasteiger partial charge in [-0.05, 0) is 38.3 Å². The molecule has 3 nitrogen and oxygen atoms in total. The third-order valence-corrected chi connectivity index (χ3v) is 3.18. The largest absolute Gasteiger partial charge is 0.325 e. The molecule has 0 spiro atoms. The van der Waals surface area contributed by atoms with Gasteiger partial charge in [0.05, 0.1) is 5.69 Å². The molecule has 1 heterocycles. The molecule has 0 saturated heterocycles. The van der Waals surface area contributed by atoms with Crippen LogP contribution >= 0.6 is 0 Å². The third kappa shape index (κ3) is 2.05. The van der Waals surface area contributed by atoms with Gasteiger partial charge in [0.15, 0.2) is 0 Å². The topological polar surface area (TPSA) is 29.9 Å². The van der Waals surface area contributed by atoms with Crippen LogP contribution in [0.1, 0.15) is 30.1 Å². The summed E-state index contributed by atoms with van der Waals surface area (Å²) in [4.78, 5) is 4.56. The quantitative estimate of drug-likeness (QED) is 0.868. The van der Waals surface area contributed by atoms with E-state index in [0.29, 0.717) is 6.04 Å². The molecule has 1 aromatic carbocycles. The van der Waals surface area contributed by atoms with E-state index in [-0.39, 0.29) is 0 Å². The normalized spacial score (nSPS) is 14.9.